The molecule has 0 aromatic heterocycles. The van der Waals surface area contributed by atoms with Crippen molar-refractivity contribution < 1.29 is 18.3 Å². The Kier molecular flexibility index (Phi) is 4.13. The number of alkyl halides is 2. The molecule has 0 atom stereocenters. The zero-order valence-corrected chi connectivity index (χ0v) is 9.21. The van der Waals surface area contributed by atoms with Crippen molar-refractivity contribution in [2.75, 3.05) is 0 Å². The first-order valence-electron chi connectivity index (χ1n) is 3.56. The average Bonchev–Trinajstić information content (AvgIpc) is 2.10. The van der Waals surface area contributed by atoms with Crippen molar-refractivity contribution in [3.05, 3.63) is 27.7 Å². The smallest absolute Gasteiger partial charge is 0.387 e. The topological polar surface area (TPSA) is 26.3 Å². The quantitative estimate of drug-likeness (QED) is 0.780. The summed E-state index contributed by atoms with van der Waals surface area (Å²) in [4.78, 5) is 10.9. The van der Waals surface area contributed by atoms with Gasteiger partial charge in [0.15, 0.2) is 0 Å². The highest BCUT2D eigenvalue weighted by molar-refractivity contribution is 6.69. The molecule has 1 aromatic carbocycles. The number of hydrogen-bond donors (Lipinski definition) is 0. The van der Waals surface area contributed by atoms with E-state index in [9.17, 15) is 13.6 Å². The summed E-state index contributed by atoms with van der Waals surface area (Å²) >= 11 is 16.4. The van der Waals surface area contributed by atoms with E-state index in [0.717, 1.165) is 6.07 Å². The maximum Gasteiger partial charge on any atom is 0.387 e. The normalized spacial score (nSPS) is 10.5. The van der Waals surface area contributed by atoms with Crippen LogP contribution in [-0.4, -0.2) is 11.9 Å². The number of rotatable bonds is 3. The summed E-state index contributed by atoms with van der Waals surface area (Å²) in [6.07, 6.45) is 0. The van der Waals surface area contributed by atoms with Gasteiger partial charge in [-0.1, -0.05) is 23.2 Å². The van der Waals surface area contributed by atoms with Crippen LogP contribution >= 0.6 is 34.8 Å². The van der Waals surface area contributed by atoms with E-state index in [1.807, 2.05) is 0 Å². The van der Waals surface area contributed by atoms with E-state index in [1.54, 1.807) is 0 Å². The highest BCUT2D eigenvalue weighted by Gasteiger charge is 2.19. The molecule has 0 unspecified atom stereocenters. The molecule has 2 nitrogen and oxygen atoms in total. The molecular weight excluding hydrogens is 272 g/mol. The zero-order chi connectivity index (χ0) is 11.6. The van der Waals surface area contributed by atoms with Crippen molar-refractivity contribution in [2.24, 2.45) is 0 Å². The SMILES string of the molecule is O=C(Cl)c1c(OC(F)F)ccc(Cl)c1Cl. The van der Waals surface area contributed by atoms with Crippen LogP contribution in [0.5, 0.6) is 5.75 Å². The van der Waals surface area contributed by atoms with Crippen LogP contribution in [0.1, 0.15) is 10.4 Å². The summed E-state index contributed by atoms with van der Waals surface area (Å²) in [5.41, 5.74) is -0.369. The third-order valence-electron chi connectivity index (χ3n) is 1.47. The molecule has 7 heteroatoms. The highest BCUT2D eigenvalue weighted by atomic mass is 35.5. The molecule has 0 heterocycles. The van der Waals surface area contributed by atoms with Gasteiger partial charge in [0, 0.05) is 0 Å². The van der Waals surface area contributed by atoms with Crippen molar-refractivity contribution in [1.82, 2.24) is 0 Å². The first-order chi connectivity index (χ1) is 6.93. The molecule has 0 aliphatic carbocycles. The summed E-state index contributed by atoms with van der Waals surface area (Å²) in [6, 6.07) is 2.32. The Balaban J connectivity index is 3.27. The fourth-order valence-electron chi connectivity index (χ4n) is 0.910. The fourth-order valence-corrected chi connectivity index (χ4v) is 1.55. The van der Waals surface area contributed by atoms with Crippen molar-refractivity contribution in [3.63, 3.8) is 0 Å². The molecular formula is C8H3Cl3F2O2. The van der Waals surface area contributed by atoms with Crippen LogP contribution in [-0.2, 0) is 0 Å². The van der Waals surface area contributed by atoms with E-state index in [2.05, 4.69) is 4.74 Å². The molecule has 0 spiro atoms. The Morgan fingerprint density at radius 3 is 2.40 bits per heavy atom. The van der Waals surface area contributed by atoms with Gasteiger partial charge in [0.25, 0.3) is 5.24 Å². The molecule has 1 rings (SSSR count). The average molecular weight is 275 g/mol. The molecule has 0 amide bonds. The lowest BCUT2D eigenvalue weighted by atomic mass is 10.2. The van der Waals surface area contributed by atoms with Gasteiger partial charge in [0.1, 0.15) is 5.75 Å². The van der Waals surface area contributed by atoms with E-state index in [0.29, 0.717) is 0 Å². The molecule has 0 N–H and O–H groups in total. The number of benzene rings is 1. The summed E-state index contributed by atoms with van der Waals surface area (Å²) in [7, 11) is 0. The van der Waals surface area contributed by atoms with Crippen LogP contribution in [0.15, 0.2) is 12.1 Å². The minimum absolute atomic E-state index is 0.0299. The molecule has 0 saturated heterocycles. The number of hydrogen-bond acceptors (Lipinski definition) is 2. The van der Waals surface area contributed by atoms with Crippen LogP contribution < -0.4 is 4.74 Å². The lowest BCUT2D eigenvalue weighted by Crippen LogP contribution is -2.06. The second-order valence-electron chi connectivity index (χ2n) is 2.39. The van der Waals surface area contributed by atoms with Gasteiger partial charge in [-0.2, -0.15) is 8.78 Å². The summed E-state index contributed by atoms with van der Waals surface area (Å²) < 4.78 is 27.9. The maximum absolute atomic E-state index is 11.9. The predicted molar refractivity (Wildman–Crippen MR) is 53.3 cm³/mol. The van der Waals surface area contributed by atoms with Crippen LogP contribution in [0.3, 0.4) is 0 Å². The van der Waals surface area contributed by atoms with Crippen molar-refractivity contribution >= 4 is 40.0 Å². The van der Waals surface area contributed by atoms with Gasteiger partial charge < -0.3 is 4.74 Å². The van der Waals surface area contributed by atoms with E-state index in [1.165, 1.54) is 6.07 Å². The van der Waals surface area contributed by atoms with Gasteiger partial charge in [-0.3, -0.25) is 4.79 Å². The number of carbonyl (C=O) groups is 1. The van der Waals surface area contributed by atoms with E-state index >= 15 is 0 Å². The monoisotopic (exact) mass is 274 g/mol. The van der Waals surface area contributed by atoms with Gasteiger partial charge in [-0.25, -0.2) is 0 Å². The molecule has 82 valence electrons. The van der Waals surface area contributed by atoms with Crippen LogP contribution in [0.2, 0.25) is 10.0 Å². The second kappa shape index (κ2) is 4.96. The number of ether oxygens (including phenoxy) is 1. The molecule has 0 aliphatic heterocycles. The Hall–Kier alpha value is -0.580. The van der Waals surface area contributed by atoms with Gasteiger partial charge in [0.2, 0.25) is 0 Å². The van der Waals surface area contributed by atoms with Crippen molar-refractivity contribution in [1.29, 1.82) is 0 Å². The van der Waals surface area contributed by atoms with Gasteiger partial charge in [0.05, 0.1) is 15.6 Å². The summed E-state index contributed by atoms with van der Waals surface area (Å²) in [6.45, 7) is -3.07. The molecule has 0 bridgehead atoms. The van der Waals surface area contributed by atoms with Crippen molar-refractivity contribution in [2.45, 2.75) is 6.61 Å². The Morgan fingerprint density at radius 2 is 1.93 bits per heavy atom. The third kappa shape index (κ3) is 2.93. The van der Waals surface area contributed by atoms with Gasteiger partial charge >= 0.3 is 6.61 Å². The third-order valence-corrected chi connectivity index (χ3v) is 2.46. The molecule has 0 fully saturated rings. The number of carbonyl (C=O) groups excluding carboxylic acids is 1. The van der Waals surface area contributed by atoms with Crippen molar-refractivity contribution in [3.8, 4) is 5.75 Å². The maximum atomic E-state index is 11.9. The van der Waals surface area contributed by atoms with E-state index in [4.69, 9.17) is 34.8 Å². The second-order valence-corrected chi connectivity index (χ2v) is 3.52. The Morgan fingerprint density at radius 1 is 1.33 bits per heavy atom. The largest absolute Gasteiger partial charge is 0.434 e. The first kappa shape index (κ1) is 12.5. The van der Waals surface area contributed by atoms with Gasteiger partial charge in [-0.05, 0) is 23.7 Å². The minimum atomic E-state index is -3.07. The molecule has 0 radical (unpaired) electrons. The molecule has 15 heavy (non-hydrogen) atoms. The highest BCUT2D eigenvalue weighted by Crippen LogP contribution is 2.34. The van der Waals surface area contributed by atoms with Crippen LogP contribution in [0.4, 0.5) is 8.78 Å². The van der Waals surface area contributed by atoms with Crippen LogP contribution in [0.25, 0.3) is 0 Å². The lowest BCUT2D eigenvalue weighted by molar-refractivity contribution is -0.0500. The molecule has 1 aromatic rings. The first-order valence-corrected chi connectivity index (χ1v) is 4.69. The Bertz CT molecular complexity index is 396. The minimum Gasteiger partial charge on any atom is -0.434 e. The fraction of sp³-hybridized carbons (Fsp3) is 0.125. The zero-order valence-electron chi connectivity index (χ0n) is 6.94. The Labute approximate surface area is 98.7 Å². The predicted octanol–water partition coefficient (Wildman–Crippen LogP) is 3.97. The standard InChI is InChI=1S/C8H3Cl3F2O2/c9-3-1-2-4(15-8(12)13)5(6(3)10)7(11)14/h1-2,8H. The lowest BCUT2D eigenvalue weighted by Gasteiger charge is -2.09. The molecule has 0 aliphatic rings. The van der Waals surface area contributed by atoms with E-state index in [-0.39, 0.29) is 15.6 Å². The van der Waals surface area contributed by atoms with Gasteiger partial charge in [-0.15, -0.1) is 0 Å². The van der Waals surface area contributed by atoms with Crippen LogP contribution in [0, 0.1) is 0 Å². The summed E-state index contributed by atoms with van der Waals surface area (Å²) in [5, 5.41) is -1.20. The molecule has 0 saturated carbocycles. The number of halogens is 5. The summed E-state index contributed by atoms with van der Waals surface area (Å²) in [5.74, 6) is -0.403. The van der Waals surface area contributed by atoms with E-state index < -0.39 is 17.6 Å².